The molecule has 0 unspecified atom stereocenters. The topological polar surface area (TPSA) is 66.4 Å². The predicted molar refractivity (Wildman–Crippen MR) is 26.2 cm³/mol. The molecule has 0 aromatic heterocycles. The third kappa shape index (κ3) is 7.30. The Kier molecular flexibility index (Phi) is 7.72. The summed E-state index contributed by atoms with van der Waals surface area (Å²) in [6.07, 6.45) is 1.38. The van der Waals surface area contributed by atoms with Crippen LogP contribution in [0.1, 0.15) is 0 Å². The Morgan fingerprint density at radius 3 is 2.20 bits per heavy atom. The summed E-state index contributed by atoms with van der Waals surface area (Å²) < 4.78 is 4.08. The number of rotatable bonds is 2. The summed E-state index contributed by atoms with van der Waals surface area (Å²) in [4.78, 5) is 19.7. The molecular formula is C5H5O4Zn-. The van der Waals surface area contributed by atoms with Gasteiger partial charge in [-0.1, -0.05) is 0 Å². The van der Waals surface area contributed by atoms with E-state index >= 15 is 0 Å². The van der Waals surface area contributed by atoms with Gasteiger partial charge < -0.3 is 14.6 Å². The maximum absolute atomic E-state index is 10.1. The smallest absolute Gasteiger partial charge is 0.330 e. The third-order valence-corrected chi connectivity index (χ3v) is 0.557. The normalized spacial score (nSPS) is 8.50. The summed E-state index contributed by atoms with van der Waals surface area (Å²) in [5.41, 5.74) is 0. The fourth-order valence-electron chi connectivity index (χ4n) is 0.204. The van der Waals surface area contributed by atoms with Gasteiger partial charge >= 0.3 is 5.97 Å². The van der Waals surface area contributed by atoms with Gasteiger partial charge in [0.2, 0.25) is 0 Å². The predicted octanol–water partition coefficient (Wildman–Crippen LogP) is -1.54. The molecular weight excluding hydrogens is 189 g/mol. The molecule has 0 N–H and O–H groups in total. The molecule has 0 saturated heterocycles. The molecule has 0 aliphatic carbocycles. The molecule has 0 amide bonds. The number of ether oxygens (including phenoxy) is 1. The van der Waals surface area contributed by atoms with Crippen molar-refractivity contribution in [2.45, 2.75) is 0 Å². The Morgan fingerprint density at radius 1 is 1.40 bits per heavy atom. The second-order valence-corrected chi connectivity index (χ2v) is 1.18. The molecule has 0 saturated carbocycles. The average Bonchev–Trinajstić information content (AvgIpc) is 1.83. The number of carbonyl (C=O) groups excluding carboxylic acids is 2. The minimum absolute atomic E-state index is 0. The summed E-state index contributed by atoms with van der Waals surface area (Å²) in [5.74, 6) is -2.13. The molecule has 0 bridgehead atoms. The number of hydrogen-bond acceptors (Lipinski definition) is 4. The fraction of sp³-hybridized carbons (Fsp3) is 0.200. The molecule has 0 aliphatic heterocycles. The van der Waals surface area contributed by atoms with Crippen molar-refractivity contribution in [3.8, 4) is 0 Å². The molecule has 5 heteroatoms. The van der Waals surface area contributed by atoms with E-state index in [1.165, 1.54) is 0 Å². The molecule has 0 heterocycles. The van der Waals surface area contributed by atoms with Crippen LogP contribution < -0.4 is 5.11 Å². The molecule has 0 atom stereocenters. The monoisotopic (exact) mass is 193 g/mol. The molecule has 0 aliphatic rings. The van der Waals surface area contributed by atoms with Crippen LogP contribution in [-0.4, -0.2) is 19.0 Å². The van der Waals surface area contributed by atoms with Crippen LogP contribution in [-0.2, 0) is 33.8 Å². The SMILES string of the molecule is COC(=O)/C=C/C(=O)[O-].[Zn]. The van der Waals surface area contributed by atoms with Crippen molar-refractivity contribution in [2.75, 3.05) is 7.11 Å². The molecule has 0 aromatic carbocycles. The van der Waals surface area contributed by atoms with Gasteiger partial charge in [0, 0.05) is 25.6 Å². The second-order valence-electron chi connectivity index (χ2n) is 1.18. The van der Waals surface area contributed by atoms with Gasteiger partial charge in [-0.3, -0.25) is 0 Å². The Labute approximate surface area is 70.6 Å². The number of carboxylic acids is 1. The molecule has 0 spiro atoms. The van der Waals surface area contributed by atoms with E-state index in [0.717, 1.165) is 13.2 Å². The summed E-state index contributed by atoms with van der Waals surface area (Å²) in [5, 5.41) is 9.61. The summed E-state index contributed by atoms with van der Waals surface area (Å²) >= 11 is 0. The molecule has 10 heavy (non-hydrogen) atoms. The molecule has 0 fully saturated rings. The van der Waals surface area contributed by atoms with Gasteiger partial charge in [0.1, 0.15) is 0 Å². The zero-order valence-electron chi connectivity index (χ0n) is 5.49. The molecule has 0 radical (unpaired) electrons. The third-order valence-electron chi connectivity index (χ3n) is 0.557. The van der Waals surface area contributed by atoms with Gasteiger partial charge in [0.15, 0.2) is 0 Å². The number of aliphatic carboxylic acids is 1. The van der Waals surface area contributed by atoms with Crippen molar-refractivity contribution in [2.24, 2.45) is 0 Å². The van der Waals surface area contributed by atoms with Crippen LogP contribution in [0.25, 0.3) is 0 Å². The Bertz CT molecular complexity index is 152. The first kappa shape index (κ1) is 12.0. The van der Waals surface area contributed by atoms with Gasteiger partial charge in [0.25, 0.3) is 0 Å². The number of methoxy groups -OCH3 is 1. The summed E-state index contributed by atoms with van der Waals surface area (Å²) in [6.45, 7) is 0. The first-order valence-electron chi connectivity index (χ1n) is 2.14. The first-order chi connectivity index (χ1) is 4.16. The Morgan fingerprint density at radius 2 is 1.90 bits per heavy atom. The van der Waals surface area contributed by atoms with Crippen molar-refractivity contribution >= 4 is 11.9 Å². The van der Waals surface area contributed by atoms with E-state index in [9.17, 15) is 14.7 Å². The van der Waals surface area contributed by atoms with Crippen LogP contribution >= 0.6 is 0 Å². The molecule has 52 valence electrons. The van der Waals surface area contributed by atoms with E-state index in [4.69, 9.17) is 0 Å². The van der Waals surface area contributed by atoms with Gasteiger partial charge in [-0.25, -0.2) is 4.79 Å². The van der Waals surface area contributed by atoms with Crippen LogP contribution in [0, 0.1) is 0 Å². The van der Waals surface area contributed by atoms with Crippen molar-refractivity contribution < 1.29 is 38.9 Å². The summed E-state index contributed by atoms with van der Waals surface area (Å²) in [7, 11) is 1.15. The Balaban J connectivity index is 0. The van der Waals surface area contributed by atoms with E-state index in [1.54, 1.807) is 0 Å². The summed E-state index contributed by atoms with van der Waals surface area (Å²) in [6, 6.07) is 0. The standard InChI is InChI=1S/C5H6O4.Zn/c1-9-5(8)3-2-4(6)7;/h2-3H,1H3,(H,6,7);/p-1/b3-2+;. The zero-order valence-corrected chi connectivity index (χ0v) is 8.46. The van der Waals surface area contributed by atoms with E-state index < -0.39 is 11.9 Å². The first-order valence-corrected chi connectivity index (χ1v) is 2.14. The average molecular weight is 194 g/mol. The van der Waals surface area contributed by atoms with Crippen LogP contribution in [0.3, 0.4) is 0 Å². The molecule has 0 rings (SSSR count). The zero-order chi connectivity index (χ0) is 7.28. The molecule has 4 nitrogen and oxygen atoms in total. The number of esters is 1. The van der Waals surface area contributed by atoms with Crippen LogP contribution in [0.2, 0.25) is 0 Å². The van der Waals surface area contributed by atoms with Crippen LogP contribution in [0.5, 0.6) is 0 Å². The Hall–Kier alpha value is -0.697. The number of carboxylic acid groups (broad SMARTS) is 1. The van der Waals surface area contributed by atoms with E-state index in [1.807, 2.05) is 0 Å². The van der Waals surface area contributed by atoms with E-state index in [0.29, 0.717) is 6.08 Å². The number of hydrogen-bond donors (Lipinski definition) is 0. The van der Waals surface area contributed by atoms with Crippen molar-refractivity contribution in [1.29, 1.82) is 0 Å². The minimum atomic E-state index is -1.42. The minimum Gasteiger partial charge on any atom is -0.545 e. The van der Waals surface area contributed by atoms with E-state index in [2.05, 4.69) is 4.74 Å². The number of carbonyl (C=O) groups is 2. The molecule has 0 aromatic rings. The van der Waals surface area contributed by atoms with Crippen LogP contribution in [0.15, 0.2) is 12.2 Å². The van der Waals surface area contributed by atoms with Gasteiger partial charge in [-0.05, 0) is 6.08 Å². The largest absolute Gasteiger partial charge is 0.545 e. The van der Waals surface area contributed by atoms with Gasteiger partial charge in [0.05, 0.1) is 13.1 Å². The van der Waals surface area contributed by atoms with Crippen molar-refractivity contribution in [3.63, 3.8) is 0 Å². The van der Waals surface area contributed by atoms with Gasteiger partial charge in [-0.2, -0.15) is 0 Å². The quantitative estimate of drug-likeness (QED) is 0.304. The maximum Gasteiger partial charge on any atom is 0.330 e. The van der Waals surface area contributed by atoms with Crippen molar-refractivity contribution in [1.82, 2.24) is 0 Å². The second kappa shape index (κ2) is 6.42. The maximum atomic E-state index is 10.1. The van der Waals surface area contributed by atoms with Gasteiger partial charge in [-0.15, -0.1) is 0 Å². The van der Waals surface area contributed by atoms with Crippen LogP contribution in [0.4, 0.5) is 0 Å². The fourth-order valence-corrected chi connectivity index (χ4v) is 0.204. The van der Waals surface area contributed by atoms with Crippen molar-refractivity contribution in [3.05, 3.63) is 12.2 Å². The van der Waals surface area contributed by atoms with E-state index in [-0.39, 0.29) is 19.5 Å².